The number of methoxy groups -OCH3 is 1. The molecular formula is C20H28N2O4S. The first kappa shape index (κ1) is 18.9. The summed E-state index contributed by atoms with van der Waals surface area (Å²) in [5.74, 6) is -0.102. The van der Waals surface area contributed by atoms with Crippen molar-refractivity contribution >= 4 is 23.2 Å². The Balaban J connectivity index is 1.50. The Morgan fingerprint density at radius 3 is 2.78 bits per heavy atom. The second kappa shape index (κ2) is 7.53. The molecule has 7 heteroatoms. The predicted octanol–water partition coefficient (Wildman–Crippen LogP) is 2.46. The van der Waals surface area contributed by atoms with E-state index < -0.39 is 0 Å². The molecule has 3 heterocycles. The van der Waals surface area contributed by atoms with Crippen LogP contribution >= 0.6 is 11.3 Å². The second-order valence-electron chi connectivity index (χ2n) is 7.77. The molecule has 1 aromatic heterocycles. The van der Waals surface area contributed by atoms with Crippen LogP contribution in [0.5, 0.6) is 0 Å². The van der Waals surface area contributed by atoms with Crippen LogP contribution in [0, 0.1) is 0 Å². The summed E-state index contributed by atoms with van der Waals surface area (Å²) in [7, 11) is 1.45. The molecule has 1 amide bonds. The van der Waals surface area contributed by atoms with Crippen molar-refractivity contribution in [2.24, 2.45) is 0 Å². The number of rotatable bonds is 5. The number of esters is 1. The largest absolute Gasteiger partial charge is 0.468 e. The molecule has 1 saturated carbocycles. The van der Waals surface area contributed by atoms with Crippen LogP contribution in [0.25, 0.3) is 0 Å². The number of hydrogen-bond acceptors (Lipinski definition) is 6. The number of hydrogen-bond donors (Lipinski definition) is 1. The Bertz CT molecular complexity index is 720. The van der Waals surface area contributed by atoms with Crippen LogP contribution < -0.4 is 5.32 Å². The lowest BCUT2D eigenvalue weighted by Crippen LogP contribution is -2.51. The van der Waals surface area contributed by atoms with Crippen molar-refractivity contribution in [1.82, 2.24) is 10.2 Å². The van der Waals surface area contributed by atoms with Crippen LogP contribution in [0.4, 0.5) is 0 Å². The third kappa shape index (κ3) is 3.65. The summed E-state index contributed by atoms with van der Waals surface area (Å²) in [6.07, 6.45) is 5.50. The fourth-order valence-electron chi connectivity index (χ4n) is 4.33. The first-order chi connectivity index (χ1) is 13.1. The van der Waals surface area contributed by atoms with Crippen LogP contribution in [-0.4, -0.2) is 55.7 Å². The van der Waals surface area contributed by atoms with Gasteiger partial charge in [0.15, 0.2) is 0 Å². The van der Waals surface area contributed by atoms with Gasteiger partial charge in [0.05, 0.1) is 24.2 Å². The zero-order chi connectivity index (χ0) is 19.0. The van der Waals surface area contributed by atoms with Gasteiger partial charge < -0.3 is 14.8 Å². The van der Waals surface area contributed by atoms with Crippen molar-refractivity contribution in [2.45, 2.75) is 63.1 Å². The quantitative estimate of drug-likeness (QED) is 0.780. The molecule has 0 aromatic carbocycles. The normalized spacial score (nSPS) is 22.9. The molecule has 148 valence electrons. The maximum absolute atomic E-state index is 12.5. The number of carbonyl (C=O) groups excluding carboxylic acids is 2. The molecule has 2 fully saturated rings. The summed E-state index contributed by atoms with van der Waals surface area (Å²) in [5.41, 5.74) is 0.887. The van der Waals surface area contributed by atoms with E-state index in [1.54, 1.807) is 11.3 Å². The van der Waals surface area contributed by atoms with E-state index in [0.29, 0.717) is 12.6 Å². The van der Waals surface area contributed by atoms with E-state index in [9.17, 15) is 9.59 Å². The van der Waals surface area contributed by atoms with E-state index in [1.807, 2.05) is 6.92 Å². The van der Waals surface area contributed by atoms with Gasteiger partial charge in [0, 0.05) is 30.4 Å². The van der Waals surface area contributed by atoms with Crippen molar-refractivity contribution in [3.8, 4) is 0 Å². The number of carbonyl (C=O) groups is 2. The van der Waals surface area contributed by atoms with Crippen molar-refractivity contribution in [1.29, 1.82) is 0 Å². The fourth-order valence-corrected chi connectivity index (χ4v) is 5.47. The lowest BCUT2D eigenvalue weighted by atomic mass is 9.81. The van der Waals surface area contributed by atoms with E-state index in [2.05, 4.69) is 16.3 Å². The standard InChI is InChI=1S/C20H28N2O4S/c1-3-15(19(24)25-2)22-9-7-20(8-10-22)14-12-17(18(23)21-13-4-5-13)27-16(14)6-11-26-20/h12-13,15H,3-11H2,1-2H3,(H,21,23). The molecule has 3 aliphatic rings. The molecule has 1 aromatic rings. The molecule has 1 unspecified atom stereocenters. The number of ether oxygens (including phenoxy) is 2. The summed E-state index contributed by atoms with van der Waals surface area (Å²) in [5, 5.41) is 3.09. The van der Waals surface area contributed by atoms with Gasteiger partial charge in [-0.25, -0.2) is 0 Å². The minimum atomic E-state index is -0.312. The van der Waals surface area contributed by atoms with Crippen LogP contribution in [0.15, 0.2) is 6.07 Å². The molecule has 1 N–H and O–H groups in total. The SMILES string of the molecule is CCC(C(=O)OC)N1CCC2(CC1)OCCc1sc(C(=O)NC3CC3)cc12. The van der Waals surface area contributed by atoms with Gasteiger partial charge >= 0.3 is 5.97 Å². The number of nitrogens with one attached hydrogen (secondary N) is 1. The molecule has 0 radical (unpaired) electrons. The first-order valence-corrected chi connectivity index (χ1v) is 10.8. The van der Waals surface area contributed by atoms with Crippen LogP contribution in [0.3, 0.4) is 0 Å². The molecule has 0 bridgehead atoms. The maximum atomic E-state index is 12.5. The van der Waals surface area contributed by atoms with Crippen molar-refractivity contribution < 1.29 is 19.1 Å². The highest BCUT2D eigenvalue weighted by molar-refractivity contribution is 7.14. The number of fused-ring (bicyclic) bond motifs is 2. The van der Waals surface area contributed by atoms with Crippen molar-refractivity contribution in [3.63, 3.8) is 0 Å². The average Bonchev–Trinajstić information content (AvgIpc) is 3.38. The van der Waals surface area contributed by atoms with Crippen molar-refractivity contribution in [3.05, 3.63) is 21.4 Å². The highest BCUT2D eigenvalue weighted by atomic mass is 32.1. The molecule has 1 atom stereocenters. The van der Waals surface area contributed by atoms with E-state index in [4.69, 9.17) is 9.47 Å². The maximum Gasteiger partial charge on any atom is 0.323 e. The zero-order valence-corrected chi connectivity index (χ0v) is 16.9. The van der Waals surface area contributed by atoms with Gasteiger partial charge in [-0.05, 0) is 43.7 Å². The number of thiophene rings is 1. The van der Waals surface area contributed by atoms with Gasteiger partial charge in [-0.3, -0.25) is 14.5 Å². The molecule has 2 aliphatic heterocycles. The average molecular weight is 393 g/mol. The van der Waals surface area contributed by atoms with Gasteiger partial charge in [-0.15, -0.1) is 11.3 Å². The molecule has 1 spiro atoms. The van der Waals surface area contributed by atoms with E-state index in [0.717, 1.165) is 56.5 Å². The molecule has 4 rings (SSSR count). The Labute approximate surface area is 164 Å². The van der Waals surface area contributed by atoms with Crippen molar-refractivity contribution in [2.75, 3.05) is 26.8 Å². The summed E-state index contributed by atoms with van der Waals surface area (Å²) >= 11 is 1.62. The summed E-state index contributed by atoms with van der Waals surface area (Å²) < 4.78 is 11.3. The Kier molecular flexibility index (Phi) is 5.27. The smallest absolute Gasteiger partial charge is 0.323 e. The van der Waals surface area contributed by atoms with Gasteiger partial charge in [-0.2, -0.15) is 0 Å². The highest BCUT2D eigenvalue weighted by Gasteiger charge is 2.44. The van der Waals surface area contributed by atoms with Crippen LogP contribution in [0.1, 0.15) is 59.1 Å². The van der Waals surface area contributed by atoms with Crippen LogP contribution in [-0.2, 0) is 26.3 Å². The molecule has 1 saturated heterocycles. The summed E-state index contributed by atoms with van der Waals surface area (Å²) in [6, 6.07) is 2.25. The number of amides is 1. The minimum absolute atomic E-state index is 0.0567. The Hall–Kier alpha value is -1.44. The second-order valence-corrected chi connectivity index (χ2v) is 8.91. The Morgan fingerprint density at radius 1 is 1.41 bits per heavy atom. The molecule has 6 nitrogen and oxygen atoms in total. The minimum Gasteiger partial charge on any atom is -0.468 e. The summed E-state index contributed by atoms with van der Waals surface area (Å²) in [6.45, 7) is 4.31. The van der Waals surface area contributed by atoms with Gasteiger partial charge in [0.1, 0.15) is 6.04 Å². The first-order valence-electron chi connectivity index (χ1n) is 9.96. The summed E-state index contributed by atoms with van der Waals surface area (Å²) in [4.78, 5) is 28.8. The lowest BCUT2D eigenvalue weighted by Gasteiger charge is -2.45. The molecule has 27 heavy (non-hydrogen) atoms. The fraction of sp³-hybridized carbons (Fsp3) is 0.700. The highest BCUT2D eigenvalue weighted by Crippen LogP contribution is 2.45. The zero-order valence-electron chi connectivity index (χ0n) is 16.1. The number of nitrogens with zero attached hydrogens (tertiary/aromatic N) is 1. The Morgan fingerprint density at radius 2 is 2.15 bits per heavy atom. The third-order valence-electron chi connectivity index (χ3n) is 6.05. The van der Waals surface area contributed by atoms with Crippen LogP contribution in [0.2, 0.25) is 0 Å². The number of piperidine rings is 1. The number of likely N-dealkylation sites (tertiary alicyclic amines) is 1. The molecular weight excluding hydrogens is 364 g/mol. The van der Waals surface area contributed by atoms with E-state index in [1.165, 1.54) is 17.6 Å². The predicted molar refractivity (Wildman–Crippen MR) is 103 cm³/mol. The topological polar surface area (TPSA) is 67.9 Å². The lowest BCUT2D eigenvalue weighted by molar-refractivity contribution is -0.151. The monoisotopic (exact) mass is 392 g/mol. The molecule has 1 aliphatic carbocycles. The van der Waals surface area contributed by atoms with Gasteiger partial charge in [-0.1, -0.05) is 6.92 Å². The van der Waals surface area contributed by atoms with Gasteiger partial charge in [0.25, 0.3) is 5.91 Å². The van der Waals surface area contributed by atoms with Gasteiger partial charge in [0.2, 0.25) is 0 Å². The van der Waals surface area contributed by atoms with E-state index >= 15 is 0 Å². The van der Waals surface area contributed by atoms with E-state index in [-0.39, 0.29) is 23.5 Å². The third-order valence-corrected chi connectivity index (χ3v) is 7.24.